The quantitative estimate of drug-likeness (QED) is 0.837. The first-order chi connectivity index (χ1) is 8.52. The van der Waals surface area contributed by atoms with Gasteiger partial charge in [-0.1, -0.05) is 19.4 Å². The van der Waals surface area contributed by atoms with Crippen LogP contribution >= 0.6 is 0 Å². The molecule has 2 N–H and O–H groups in total. The van der Waals surface area contributed by atoms with Crippen LogP contribution in [0.5, 0.6) is 0 Å². The third-order valence-electron chi connectivity index (χ3n) is 2.87. The zero-order valence-electron chi connectivity index (χ0n) is 11.5. The molecule has 1 aromatic heterocycles. The van der Waals surface area contributed by atoms with Gasteiger partial charge in [0.15, 0.2) is 0 Å². The van der Waals surface area contributed by atoms with Gasteiger partial charge < -0.3 is 10.6 Å². The molecule has 0 aliphatic carbocycles. The predicted octanol–water partition coefficient (Wildman–Crippen LogP) is 1.87. The second-order valence-electron chi connectivity index (χ2n) is 4.77. The molecular weight excluding hydrogens is 226 g/mol. The van der Waals surface area contributed by atoms with Gasteiger partial charge in [0.25, 0.3) is 0 Å². The third kappa shape index (κ3) is 4.84. The van der Waals surface area contributed by atoms with Gasteiger partial charge in [0, 0.05) is 25.2 Å². The fraction of sp³-hybridized carbons (Fsp3) is 0.571. The number of hydrogen-bond acceptors (Lipinski definition) is 3. The van der Waals surface area contributed by atoms with Crippen molar-refractivity contribution in [3.05, 3.63) is 29.6 Å². The Labute approximate surface area is 109 Å². The zero-order chi connectivity index (χ0) is 13.5. The van der Waals surface area contributed by atoms with Crippen LogP contribution in [0.2, 0.25) is 0 Å². The standard InChI is InChI=1S/C14H23N3O/c1-4-6-12(15)9-14(18)17(3)10-13-8-5-7-11(2)16-13/h5,7-8,12H,4,6,9-10,15H2,1-3H3. The number of carbonyl (C=O) groups is 1. The first-order valence-corrected chi connectivity index (χ1v) is 6.45. The molecule has 4 nitrogen and oxygen atoms in total. The number of hydrogen-bond donors (Lipinski definition) is 1. The van der Waals surface area contributed by atoms with Crippen molar-refractivity contribution in [1.82, 2.24) is 9.88 Å². The van der Waals surface area contributed by atoms with Crippen LogP contribution in [-0.4, -0.2) is 28.9 Å². The van der Waals surface area contributed by atoms with Gasteiger partial charge in [0.1, 0.15) is 0 Å². The Morgan fingerprint density at radius 2 is 2.22 bits per heavy atom. The molecule has 0 saturated heterocycles. The first kappa shape index (κ1) is 14.6. The van der Waals surface area contributed by atoms with E-state index in [-0.39, 0.29) is 11.9 Å². The smallest absolute Gasteiger partial charge is 0.224 e. The Hall–Kier alpha value is -1.42. The molecule has 1 amide bonds. The Kier molecular flexibility index (Phi) is 5.78. The van der Waals surface area contributed by atoms with E-state index in [1.807, 2.05) is 25.1 Å². The molecule has 0 bridgehead atoms. The van der Waals surface area contributed by atoms with E-state index in [2.05, 4.69) is 11.9 Å². The minimum atomic E-state index is -0.0320. The average molecular weight is 249 g/mol. The molecule has 1 aromatic rings. The highest BCUT2D eigenvalue weighted by atomic mass is 16.2. The molecule has 0 aliphatic rings. The Balaban J connectivity index is 2.49. The van der Waals surface area contributed by atoms with Gasteiger partial charge in [0.05, 0.1) is 12.2 Å². The van der Waals surface area contributed by atoms with E-state index in [0.717, 1.165) is 24.2 Å². The van der Waals surface area contributed by atoms with E-state index in [4.69, 9.17) is 5.73 Å². The summed E-state index contributed by atoms with van der Waals surface area (Å²) >= 11 is 0. The van der Waals surface area contributed by atoms with Crippen molar-refractivity contribution in [3.8, 4) is 0 Å². The number of rotatable bonds is 6. The van der Waals surface area contributed by atoms with Gasteiger partial charge in [-0.25, -0.2) is 0 Å². The van der Waals surface area contributed by atoms with Crippen LogP contribution in [0.15, 0.2) is 18.2 Å². The number of aromatic nitrogens is 1. The Morgan fingerprint density at radius 3 is 2.83 bits per heavy atom. The average Bonchev–Trinajstić information content (AvgIpc) is 2.29. The molecule has 0 fully saturated rings. The van der Waals surface area contributed by atoms with Gasteiger partial charge in [-0.3, -0.25) is 9.78 Å². The van der Waals surface area contributed by atoms with Gasteiger partial charge in [-0.15, -0.1) is 0 Å². The van der Waals surface area contributed by atoms with Crippen LogP contribution < -0.4 is 5.73 Å². The summed E-state index contributed by atoms with van der Waals surface area (Å²) in [5.74, 6) is 0.0826. The molecule has 1 rings (SSSR count). The van der Waals surface area contributed by atoms with E-state index in [1.165, 1.54) is 0 Å². The summed E-state index contributed by atoms with van der Waals surface area (Å²) in [7, 11) is 1.80. The van der Waals surface area contributed by atoms with Crippen molar-refractivity contribution < 1.29 is 4.79 Å². The van der Waals surface area contributed by atoms with E-state index in [1.54, 1.807) is 11.9 Å². The molecule has 18 heavy (non-hydrogen) atoms. The number of nitrogens with two attached hydrogens (primary N) is 1. The monoisotopic (exact) mass is 249 g/mol. The predicted molar refractivity (Wildman–Crippen MR) is 72.9 cm³/mol. The lowest BCUT2D eigenvalue weighted by atomic mass is 10.1. The van der Waals surface area contributed by atoms with Crippen LogP contribution in [0.1, 0.15) is 37.6 Å². The molecule has 0 spiro atoms. The number of carbonyl (C=O) groups excluding carboxylic acids is 1. The number of pyridine rings is 1. The normalized spacial score (nSPS) is 12.2. The molecule has 1 atom stereocenters. The maximum Gasteiger partial charge on any atom is 0.224 e. The third-order valence-corrected chi connectivity index (χ3v) is 2.87. The fourth-order valence-electron chi connectivity index (χ4n) is 1.87. The van der Waals surface area contributed by atoms with Crippen molar-refractivity contribution in [2.75, 3.05) is 7.05 Å². The molecule has 4 heteroatoms. The molecule has 0 aliphatic heterocycles. The number of amides is 1. The van der Waals surface area contributed by atoms with Crippen LogP contribution in [-0.2, 0) is 11.3 Å². The topological polar surface area (TPSA) is 59.2 Å². The summed E-state index contributed by atoms with van der Waals surface area (Å²) in [6.07, 6.45) is 2.32. The maximum atomic E-state index is 11.9. The minimum Gasteiger partial charge on any atom is -0.340 e. The maximum absolute atomic E-state index is 11.9. The van der Waals surface area contributed by atoms with Gasteiger partial charge >= 0.3 is 0 Å². The highest BCUT2D eigenvalue weighted by Gasteiger charge is 2.13. The zero-order valence-corrected chi connectivity index (χ0v) is 11.5. The van der Waals surface area contributed by atoms with E-state index < -0.39 is 0 Å². The Bertz CT molecular complexity index is 392. The second kappa shape index (κ2) is 7.11. The second-order valence-corrected chi connectivity index (χ2v) is 4.77. The van der Waals surface area contributed by atoms with Crippen molar-refractivity contribution in [2.24, 2.45) is 5.73 Å². The fourth-order valence-corrected chi connectivity index (χ4v) is 1.87. The first-order valence-electron chi connectivity index (χ1n) is 6.45. The van der Waals surface area contributed by atoms with Gasteiger partial charge in [-0.2, -0.15) is 0 Å². The highest BCUT2D eigenvalue weighted by Crippen LogP contribution is 2.06. The highest BCUT2D eigenvalue weighted by molar-refractivity contribution is 5.76. The lowest BCUT2D eigenvalue weighted by Crippen LogP contribution is -2.33. The molecular formula is C14H23N3O. The minimum absolute atomic E-state index is 0.0320. The van der Waals surface area contributed by atoms with Gasteiger partial charge in [-0.05, 0) is 25.5 Å². The summed E-state index contributed by atoms with van der Waals surface area (Å²) in [6.45, 7) is 4.56. The van der Waals surface area contributed by atoms with E-state index in [0.29, 0.717) is 13.0 Å². The number of nitrogens with zero attached hydrogens (tertiary/aromatic N) is 2. The molecule has 0 saturated carbocycles. The molecule has 0 aromatic carbocycles. The number of aryl methyl sites for hydroxylation is 1. The molecule has 1 unspecified atom stereocenters. The van der Waals surface area contributed by atoms with Crippen molar-refractivity contribution in [3.63, 3.8) is 0 Å². The van der Waals surface area contributed by atoms with Gasteiger partial charge in [0.2, 0.25) is 5.91 Å². The summed E-state index contributed by atoms with van der Waals surface area (Å²) in [5.41, 5.74) is 7.76. The van der Waals surface area contributed by atoms with Crippen LogP contribution in [0.25, 0.3) is 0 Å². The molecule has 1 heterocycles. The van der Waals surface area contributed by atoms with Crippen LogP contribution in [0, 0.1) is 6.92 Å². The summed E-state index contributed by atoms with van der Waals surface area (Å²) in [6, 6.07) is 5.81. The lowest BCUT2D eigenvalue weighted by Gasteiger charge is -2.19. The SMILES string of the molecule is CCCC(N)CC(=O)N(C)Cc1cccc(C)n1. The van der Waals surface area contributed by atoms with E-state index >= 15 is 0 Å². The lowest BCUT2D eigenvalue weighted by molar-refractivity contribution is -0.130. The van der Waals surface area contributed by atoms with E-state index in [9.17, 15) is 4.79 Å². The van der Waals surface area contributed by atoms with Crippen LogP contribution in [0.3, 0.4) is 0 Å². The van der Waals surface area contributed by atoms with Crippen molar-refractivity contribution in [1.29, 1.82) is 0 Å². The van der Waals surface area contributed by atoms with Crippen LogP contribution in [0.4, 0.5) is 0 Å². The summed E-state index contributed by atoms with van der Waals surface area (Å²) < 4.78 is 0. The summed E-state index contributed by atoms with van der Waals surface area (Å²) in [5, 5.41) is 0. The molecule has 0 radical (unpaired) electrons. The largest absolute Gasteiger partial charge is 0.340 e. The van der Waals surface area contributed by atoms with Crippen molar-refractivity contribution in [2.45, 2.75) is 45.7 Å². The Morgan fingerprint density at radius 1 is 1.50 bits per heavy atom. The van der Waals surface area contributed by atoms with Crippen molar-refractivity contribution >= 4 is 5.91 Å². The molecule has 100 valence electrons. The summed E-state index contributed by atoms with van der Waals surface area (Å²) in [4.78, 5) is 18.0.